The fraction of sp³-hybridized carbons (Fsp3) is 0.263. The summed E-state index contributed by atoms with van der Waals surface area (Å²) in [5.74, 6) is -0.830. The van der Waals surface area contributed by atoms with Gasteiger partial charge in [0, 0.05) is 37.6 Å². The minimum atomic E-state index is -3.83. The number of sulfonamides is 1. The summed E-state index contributed by atoms with van der Waals surface area (Å²) in [6.07, 6.45) is 0.652. The molecule has 0 fully saturated rings. The van der Waals surface area contributed by atoms with Crippen molar-refractivity contribution in [1.82, 2.24) is 14.6 Å². The molecule has 0 aliphatic carbocycles. The number of benzene rings is 2. The maximum Gasteiger partial charge on any atom is 0.419 e. The Morgan fingerprint density at radius 3 is 2.59 bits per heavy atom. The van der Waals surface area contributed by atoms with Crippen LogP contribution in [0.25, 0.3) is 11.1 Å². The number of amides is 1. The Morgan fingerprint density at radius 2 is 1.86 bits per heavy atom. The highest BCUT2D eigenvalue weighted by Gasteiger charge is 2.17. The second kappa shape index (κ2) is 8.81. The summed E-state index contributed by atoms with van der Waals surface area (Å²) in [5, 5.41) is 3.40. The quantitative estimate of drug-likeness (QED) is 0.558. The Kier molecular flexibility index (Phi) is 6.41. The van der Waals surface area contributed by atoms with Gasteiger partial charge in [-0.2, -0.15) is 0 Å². The van der Waals surface area contributed by atoms with Gasteiger partial charge in [0.25, 0.3) is 0 Å². The number of aromatic nitrogens is 1. The Bertz CT molecular complexity index is 1180. The molecular weight excluding hydrogens is 418 g/mol. The summed E-state index contributed by atoms with van der Waals surface area (Å²) >= 11 is 5.83. The van der Waals surface area contributed by atoms with Crippen LogP contribution in [0, 0.1) is 0 Å². The van der Waals surface area contributed by atoms with E-state index in [4.69, 9.17) is 16.0 Å². The lowest BCUT2D eigenvalue weighted by Crippen LogP contribution is -2.31. The molecule has 1 amide bonds. The van der Waals surface area contributed by atoms with Gasteiger partial charge in [-0.1, -0.05) is 23.7 Å². The normalized spacial score (nSPS) is 11.7. The van der Waals surface area contributed by atoms with E-state index in [0.717, 1.165) is 5.56 Å². The maximum absolute atomic E-state index is 12.4. The van der Waals surface area contributed by atoms with Crippen LogP contribution in [0.1, 0.15) is 12.0 Å². The number of carbonyl (C=O) groups is 1. The molecule has 0 saturated heterocycles. The predicted molar refractivity (Wildman–Crippen MR) is 109 cm³/mol. The van der Waals surface area contributed by atoms with Crippen LogP contribution in [0.2, 0.25) is 5.02 Å². The minimum Gasteiger partial charge on any atom is -0.408 e. The number of aryl methyl sites for hydroxylation is 1. The molecule has 0 atom stereocenters. The predicted octanol–water partition coefficient (Wildman–Crippen LogP) is 1.81. The summed E-state index contributed by atoms with van der Waals surface area (Å²) in [7, 11) is -2.30. The minimum absolute atomic E-state index is 0.00249. The molecule has 1 aromatic heterocycles. The molecule has 0 unspecified atom stereocenters. The number of nitrogens with zero attached hydrogens (tertiary/aromatic N) is 1. The van der Waals surface area contributed by atoms with E-state index < -0.39 is 15.8 Å². The van der Waals surface area contributed by atoms with Gasteiger partial charge in [0.1, 0.15) is 0 Å². The third-order valence-corrected chi connectivity index (χ3v) is 6.08. The van der Waals surface area contributed by atoms with E-state index >= 15 is 0 Å². The van der Waals surface area contributed by atoms with E-state index in [2.05, 4.69) is 10.0 Å². The summed E-state index contributed by atoms with van der Waals surface area (Å²) in [6.45, 7) is 0.392. The van der Waals surface area contributed by atoms with Crippen LogP contribution in [-0.4, -0.2) is 32.0 Å². The van der Waals surface area contributed by atoms with E-state index in [-0.39, 0.29) is 29.4 Å². The summed E-state index contributed by atoms with van der Waals surface area (Å²) in [5.41, 5.74) is 1.72. The number of hydrogen-bond acceptors (Lipinski definition) is 5. The fourth-order valence-corrected chi connectivity index (χ4v) is 3.92. The van der Waals surface area contributed by atoms with Gasteiger partial charge in [0.2, 0.25) is 15.9 Å². The topological polar surface area (TPSA) is 110 Å². The molecule has 8 nitrogen and oxygen atoms in total. The highest BCUT2D eigenvalue weighted by molar-refractivity contribution is 7.89. The highest BCUT2D eigenvalue weighted by atomic mass is 35.5. The Morgan fingerprint density at radius 1 is 1.14 bits per heavy atom. The van der Waals surface area contributed by atoms with Gasteiger partial charge in [-0.3, -0.25) is 9.36 Å². The zero-order chi connectivity index (χ0) is 21.0. The Labute approximate surface area is 172 Å². The summed E-state index contributed by atoms with van der Waals surface area (Å²) in [6, 6.07) is 11.5. The lowest BCUT2D eigenvalue weighted by Gasteiger charge is -2.08. The number of rotatable bonds is 8. The lowest BCUT2D eigenvalue weighted by molar-refractivity contribution is -0.120. The third-order valence-electron chi connectivity index (χ3n) is 4.37. The Balaban J connectivity index is 1.49. The van der Waals surface area contributed by atoms with Crippen molar-refractivity contribution in [3.8, 4) is 0 Å². The van der Waals surface area contributed by atoms with E-state index in [1.165, 1.54) is 29.8 Å². The molecule has 0 saturated carbocycles. The number of oxazole rings is 1. The van der Waals surface area contributed by atoms with Crippen molar-refractivity contribution in [2.45, 2.75) is 17.7 Å². The van der Waals surface area contributed by atoms with Gasteiger partial charge in [-0.05, 0) is 36.2 Å². The number of nitrogens with one attached hydrogen (secondary N) is 2. The monoisotopic (exact) mass is 437 g/mol. The van der Waals surface area contributed by atoms with E-state index in [0.29, 0.717) is 23.5 Å². The highest BCUT2D eigenvalue weighted by Crippen LogP contribution is 2.17. The van der Waals surface area contributed by atoms with Crippen LogP contribution in [0.5, 0.6) is 0 Å². The van der Waals surface area contributed by atoms with Crippen LogP contribution in [-0.2, 0) is 28.3 Å². The van der Waals surface area contributed by atoms with E-state index in [1.54, 1.807) is 12.1 Å². The van der Waals surface area contributed by atoms with Gasteiger partial charge < -0.3 is 9.73 Å². The van der Waals surface area contributed by atoms with Gasteiger partial charge in [-0.25, -0.2) is 17.9 Å². The van der Waals surface area contributed by atoms with Crippen molar-refractivity contribution in [2.24, 2.45) is 7.05 Å². The average molecular weight is 438 g/mol. The maximum atomic E-state index is 12.4. The second-order valence-corrected chi connectivity index (χ2v) is 8.63. The van der Waals surface area contributed by atoms with Crippen molar-refractivity contribution in [2.75, 3.05) is 13.1 Å². The van der Waals surface area contributed by atoms with Crippen molar-refractivity contribution in [1.29, 1.82) is 0 Å². The first kappa shape index (κ1) is 21.1. The van der Waals surface area contributed by atoms with Crippen LogP contribution >= 0.6 is 11.6 Å². The smallest absolute Gasteiger partial charge is 0.408 e. The van der Waals surface area contributed by atoms with Crippen LogP contribution in [0.3, 0.4) is 0 Å². The largest absolute Gasteiger partial charge is 0.419 e. The first-order valence-electron chi connectivity index (χ1n) is 8.87. The number of fused-ring (bicyclic) bond motifs is 1. The molecular formula is C19H20ClN3O5S. The molecule has 0 radical (unpaired) electrons. The molecule has 154 valence electrons. The third kappa shape index (κ3) is 5.26. The van der Waals surface area contributed by atoms with Crippen LogP contribution < -0.4 is 15.8 Å². The number of hydrogen-bond donors (Lipinski definition) is 2. The van der Waals surface area contributed by atoms with Crippen molar-refractivity contribution < 1.29 is 17.6 Å². The Hall–Kier alpha value is -2.62. The van der Waals surface area contributed by atoms with E-state index in [1.807, 2.05) is 12.1 Å². The van der Waals surface area contributed by atoms with Crippen molar-refractivity contribution in [3.05, 3.63) is 63.6 Å². The number of carbonyl (C=O) groups excluding carboxylic acids is 1. The van der Waals surface area contributed by atoms with Gasteiger partial charge in [0.15, 0.2) is 5.58 Å². The average Bonchev–Trinajstić information content (AvgIpc) is 2.97. The fourth-order valence-electron chi connectivity index (χ4n) is 2.75. The second-order valence-electron chi connectivity index (χ2n) is 6.43. The molecule has 0 aliphatic heterocycles. The van der Waals surface area contributed by atoms with Gasteiger partial charge >= 0.3 is 5.76 Å². The van der Waals surface area contributed by atoms with Crippen LogP contribution in [0.4, 0.5) is 0 Å². The molecule has 1 heterocycles. The van der Waals surface area contributed by atoms with E-state index in [9.17, 15) is 18.0 Å². The van der Waals surface area contributed by atoms with Gasteiger partial charge in [0.05, 0.1) is 10.4 Å². The first-order valence-corrected chi connectivity index (χ1v) is 10.7. The molecule has 0 bridgehead atoms. The molecule has 3 aromatic rings. The summed E-state index contributed by atoms with van der Waals surface area (Å²) < 4.78 is 33.5. The summed E-state index contributed by atoms with van der Waals surface area (Å²) in [4.78, 5) is 23.4. The molecule has 2 aromatic carbocycles. The van der Waals surface area contributed by atoms with Gasteiger partial charge in [-0.15, -0.1) is 0 Å². The SMILES string of the molecule is Cn1c(=O)oc2cc(S(=O)(=O)NCCC(=O)NCCc3ccc(Cl)cc3)ccc21. The molecule has 3 rings (SSSR count). The molecule has 0 spiro atoms. The molecule has 10 heteroatoms. The molecule has 2 N–H and O–H groups in total. The standard InChI is InChI=1S/C19H20ClN3O5S/c1-23-16-7-6-15(12-17(16)28-19(23)25)29(26,27)22-11-9-18(24)21-10-8-13-2-4-14(20)5-3-13/h2-7,12,22H,8-11H2,1H3,(H,21,24). The zero-order valence-electron chi connectivity index (χ0n) is 15.6. The number of halogens is 1. The van der Waals surface area contributed by atoms with Crippen molar-refractivity contribution in [3.63, 3.8) is 0 Å². The van der Waals surface area contributed by atoms with Crippen molar-refractivity contribution >= 4 is 38.6 Å². The van der Waals surface area contributed by atoms with Crippen LogP contribution in [0.15, 0.2) is 56.6 Å². The molecule has 0 aliphatic rings. The zero-order valence-corrected chi connectivity index (χ0v) is 17.2. The lowest BCUT2D eigenvalue weighted by atomic mass is 10.1. The molecule has 29 heavy (non-hydrogen) atoms. The first-order chi connectivity index (χ1) is 13.8.